The first-order valence-corrected chi connectivity index (χ1v) is 12.0. The number of halogens is 3. The highest BCUT2D eigenvalue weighted by molar-refractivity contribution is 5.83. The van der Waals surface area contributed by atoms with Crippen molar-refractivity contribution in [2.24, 2.45) is 5.92 Å². The molecule has 0 radical (unpaired) electrons. The number of hydrogen-bond acceptors (Lipinski definition) is 6. The third-order valence-corrected chi connectivity index (χ3v) is 7.13. The van der Waals surface area contributed by atoms with Crippen LogP contribution in [-0.4, -0.2) is 28.3 Å². The van der Waals surface area contributed by atoms with Gasteiger partial charge in [-0.25, -0.2) is 0 Å². The van der Waals surface area contributed by atoms with Crippen molar-refractivity contribution >= 4 is 16.9 Å². The highest BCUT2D eigenvalue weighted by Crippen LogP contribution is 2.41. The first-order chi connectivity index (χ1) is 17.3. The molecule has 0 spiro atoms. The van der Waals surface area contributed by atoms with E-state index in [-0.39, 0.29) is 12.0 Å². The minimum Gasteiger partial charge on any atom is -0.497 e. The van der Waals surface area contributed by atoms with Crippen LogP contribution < -0.4 is 10.1 Å². The second kappa shape index (κ2) is 9.79. The van der Waals surface area contributed by atoms with Gasteiger partial charge in [0.15, 0.2) is 0 Å². The molecule has 1 fully saturated rings. The number of fused-ring (bicyclic) bond motifs is 1. The molecule has 1 saturated carbocycles. The molecule has 0 bridgehead atoms. The van der Waals surface area contributed by atoms with Crippen molar-refractivity contribution in [1.82, 2.24) is 15.2 Å². The molecule has 0 aliphatic heterocycles. The Labute approximate surface area is 206 Å². The number of anilines is 1. The fourth-order valence-electron chi connectivity index (χ4n) is 5.07. The summed E-state index contributed by atoms with van der Waals surface area (Å²) in [6.45, 7) is 2.10. The molecule has 1 aliphatic rings. The van der Waals surface area contributed by atoms with Gasteiger partial charge >= 0.3 is 12.2 Å². The molecule has 1 unspecified atom stereocenters. The van der Waals surface area contributed by atoms with Crippen LogP contribution >= 0.6 is 0 Å². The van der Waals surface area contributed by atoms with Crippen molar-refractivity contribution in [1.29, 1.82) is 0 Å². The number of pyridine rings is 1. The van der Waals surface area contributed by atoms with Crippen molar-refractivity contribution in [2.45, 2.75) is 50.7 Å². The number of aromatic nitrogens is 3. The van der Waals surface area contributed by atoms with Gasteiger partial charge in [-0.15, -0.1) is 5.10 Å². The van der Waals surface area contributed by atoms with Crippen molar-refractivity contribution in [3.05, 3.63) is 65.9 Å². The second-order valence-electron chi connectivity index (χ2n) is 9.32. The summed E-state index contributed by atoms with van der Waals surface area (Å²) in [5.74, 6) is 1.77. The number of rotatable bonds is 6. The summed E-state index contributed by atoms with van der Waals surface area (Å²) in [6.07, 6.45) is 1.00. The average molecular weight is 497 g/mol. The smallest absolute Gasteiger partial charge is 0.416 e. The molecule has 1 aliphatic carbocycles. The van der Waals surface area contributed by atoms with Crippen LogP contribution in [0.15, 0.2) is 59.1 Å². The van der Waals surface area contributed by atoms with E-state index >= 15 is 0 Å². The molecule has 2 aromatic heterocycles. The number of ether oxygens (including phenoxy) is 1. The molecule has 0 amide bonds. The van der Waals surface area contributed by atoms with Crippen LogP contribution in [0.4, 0.5) is 19.2 Å². The lowest BCUT2D eigenvalue weighted by atomic mass is 9.75. The predicted octanol–water partition coefficient (Wildman–Crippen LogP) is 7.09. The number of hydrogen-bond donors (Lipinski definition) is 1. The van der Waals surface area contributed by atoms with Gasteiger partial charge in [-0.2, -0.15) is 13.2 Å². The summed E-state index contributed by atoms with van der Waals surface area (Å²) < 4.78 is 50.9. The lowest BCUT2D eigenvalue weighted by Crippen LogP contribution is -2.29. The minimum atomic E-state index is -4.37. The molecule has 1 N–H and O–H groups in total. The predicted molar refractivity (Wildman–Crippen MR) is 131 cm³/mol. The Balaban J connectivity index is 1.23. The lowest BCUT2D eigenvalue weighted by Gasteiger charge is -2.33. The molecule has 6 nitrogen and oxygen atoms in total. The number of methoxy groups -OCH3 is 1. The van der Waals surface area contributed by atoms with Gasteiger partial charge in [-0.05, 0) is 98.5 Å². The van der Waals surface area contributed by atoms with E-state index in [1.54, 1.807) is 13.3 Å². The zero-order valence-corrected chi connectivity index (χ0v) is 20.0. The van der Waals surface area contributed by atoms with Gasteiger partial charge < -0.3 is 14.5 Å². The third-order valence-electron chi connectivity index (χ3n) is 7.13. The summed E-state index contributed by atoms with van der Waals surface area (Å²) in [5.41, 5.74) is 1.72. The van der Waals surface area contributed by atoms with E-state index in [2.05, 4.69) is 27.4 Å². The average Bonchev–Trinajstić information content (AvgIpc) is 3.36. The van der Waals surface area contributed by atoms with Crippen molar-refractivity contribution in [2.75, 3.05) is 12.4 Å². The molecular weight excluding hydrogens is 469 g/mol. The topological polar surface area (TPSA) is 73.1 Å². The van der Waals surface area contributed by atoms with E-state index in [1.807, 2.05) is 30.3 Å². The van der Waals surface area contributed by atoms with Crippen LogP contribution in [0.1, 0.15) is 49.7 Å². The van der Waals surface area contributed by atoms with Crippen LogP contribution in [0.3, 0.4) is 0 Å². The van der Waals surface area contributed by atoms with Crippen LogP contribution in [-0.2, 0) is 6.18 Å². The zero-order chi connectivity index (χ0) is 25.3. The molecule has 1 atom stereocenters. The van der Waals surface area contributed by atoms with Gasteiger partial charge in [0.2, 0.25) is 5.89 Å². The highest BCUT2D eigenvalue weighted by Gasteiger charge is 2.32. The van der Waals surface area contributed by atoms with Gasteiger partial charge in [0, 0.05) is 23.2 Å². The molecule has 2 aromatic carbocycles. The fraction of sp³-hybridized carbons (Fsp3) is 0.370. The van der Waals surface area contributed by atoms with E-state index < -0.39 is 11.7 Å². The minimum absolute atomic E-state index is 0.112. The van der Waals surface area contributed by atoms with Crippen LogP contribution in [0.5, 0.6) is 5.75 Å². The van der Waals surface area contributed by atoms with Crippen LogP contribution in [0.2, 0.25) is 0 Å². The van der Waals surface area contributed by atoms with Crippen molar-refractivity contribution < 1.29 is 22.3 Å². The Hall–Kier alpha value is -3.62. The summed E-state index contributed by atoms with van der Waals surface area (Å²) in [5, 5.41) is 12.2. The summed E-state index contributed by atoms with van der Waals surface area (Å²) in [4.78, 5) is 4.28. The van der Waals surface area contributed by atoms with Crippen LogP contribution in [0.25, 0.3) is 22.4 Å². The molecule has 2 heterocycles. The van der Waals surface area contributed by atoms with Crippen molar-refractivity contribution in [3.8, 4) is 17.2 Å². The Morgan fingerprint density at radius 2 is 1.75 bits per heavy atom. The van der Waals surface area contributed by atoms with Gasteiger partial charge in [-0.3, -0.25) is 4.98 Å². The number of nitrogens with zero attached hydrogens (tertiary/aromatic N) is 3. The SMILES string of the molecule is COc1ccc(-c2nnc(NC(C)C3CCC(c4ccnc5ccc(C(F)(F)F)cc45)CC3)o2)cc1. The zero-order valence-electron chi connectivity index (χ0n) is 20.0. The van der Waals surface area contributed by atoms with Gasteiger partial charge in [0.1, 0.15) is 5.75 Å². The molecule has 9 heteroatoms. The van der Waals surface area contributed by atoms with Crippen LogP contribution in [0, 0.1) is 5.92 Å². The molecule has 5 rings (SSSR count). The maximum absolute atomic E-state index is 13.3. The first-order valence-electron chi connectivity index (χ1n) is 12.0. The maximum Gasteiger partial charge on any atom is 0.416 e. The maximum atomic E-state index is 13.3. The molecular formula is C27H27F3N4O2. The second-order valence-corrected chi connectivity index (χ2v) is 9.32. The Morgan fingerprint density at radius 1 is 1.00 bits per heavy atom. The lowest BCUT2D eigenvalue weighted by molar-refractivity contribution is -0.137. The van der Waals surface area contributed by atoms with E-state index in [1.165, 1.54) is 12.1 Å². The Morgan fingerprint density at radius 3 is 2.44 bits per heavy atom. The van der Waals surface area contributed by atoms with Gasteiger partial charge in [-0.1, -0.05) is 5.10 Å². The fourth-order valence-corrected chi connectivity index (χ4v) is 5.07. The van der Waals surface area contributed by atoms with E-state index in [4.69, 9.17) is 9.15 Å². The Kier molecular flexibility index (Phi) is 6.55. The Bertz CT molecular complexity index is 1330. The molecule has 36 heavy (non-hydrogen) atoms. The quantitative estimate of drug-likeness (QED) is 0.307. The standard InChI is InChI=1S/C27H27F3N4O2/c1-16(32-26-34-33-25(36-26)19-7-10-21(35-2)11-8-19)17-3-5-18(6-4-17)22-13-14-31-24-12-9-20(15-23(22)24)27(28,29)30/h7-18H,3-6H2,1-2H3,(H,32,34). The highest BCUT2D eigenvalue weighted by atomic mass is 19.4. The monoisotopic (exact) mass is 496 g/mol. The number of benzene rings is 2. The summed E-state index contributed by atoms with van der Waals surface area (Å²) >= 11 is 0. The third kappa shape index (κ3) is 5.01. The molecule has 0 saturated heterocycles. The number of nitrogens with one attached hydrogen (secondary N) is 1. The molecule has 4 aromatic rings. The number of alkyl halides is 3. The summed E-state index contributed by atoms with van der Waals surface area (Å²) in [6, 6.07) is 13.6. The summed E-state index contributed by atoms with van der Waals surface area (Å²) in [7, 11) is 1.61. The van der Waals surface area contributed by atoms with E-state index in [0.717, 1.165) is 48.6 Å². The first kappa shape index (κ1) is 24.1. The van der Waals surface area contributed by atoms with Gasteiger partial charge in [0.25, 0.3) is 0 Å². The van der Waals surface area contributed by atoms with Gasteiger partial charge in [0.05, 0.1) is 18.2 Å². The van der Waals surface area contributed by atoms with Crippen molar-refractivity contribution in [3.63, 3.8) is 0 Å². The normalized spacial score (nSPS) is 19.2. The largest absolute Gasteiger partial charge is 0.497 e. The van der Waals surface area contributed by atoms with E-state index in [0.29, 0.717) is 28.7 Å². The van der Waals surface area contributed by atoms with E-state index in [9.17, 15) is 13.2 Å². The molecule has 188 valence electrons.